The molecule has 0 aromatic carbocycles. The van der Waals surface area contributed by atoms with Crippen molar-refractivity contribution in [2.24, 2.45) is 5.41 Å². The Morgan fingerprint density at radius 1 is 1.38 bits per heavy atom. The fraction of sp³-hybridized carbons (Fsp3) is 0.667. The lowest BCUT2D eigenvalue weighted by molar-refractivity contribution is -0.169. The summed E-state index contributed by atoms with van der Waals surface area (Å²) in [4.78, 5) is 15.9. The zero-order valence-electron chi connectivity index (χ0n) is 13.9. The van der Waals surface area contributed by atoms with Gasteiger partial charge in [0.2, 0.25) is 0 Å². The highest BCUT2D eigenvalue weighted by molar-refractivity contribution is 5.84. The lowest BCUT2D eigenvalue weighted by Gasteiger charge is -2.57. The number of nitrogens with zero attached hydrogens (tertiary/aromatic N) is 1. The summed E-state index contributed by atoms with van der Waals surface area (Å²) in [6.07, 6.45) is 7.09. The Morgan fingerprint density at radius 3 is 2.75 bits per heavy atom. The van der Waals surface area contributed by atoms with Gasteiger partial charge in [0.25, 0.3) is 5.91 Å². The van der Waals surface area contributed by atoms with E-state index in [1.807, 2.05) is 6.92 Å². The van der Waals surface area contributed by atoms with Crippen LogP contribution in [0.4, 0.5) is 8.78 Å². The predicted octanol–water partition coefficient (Wildman–Crippen LogP) is 3.42. The first-order chi connectivity index (χ1) is 11.5. The quantitative estimate of drug-likeness (QED) is 0.895. The van der Waals surface area contributed by atoms with Crippen LogP contribution >= 0.6 is 0 Å². The van der Waals surface area contributed by atoms with Gasteiger partial charge in [-0.15, -0.1) is 0 Å². The standard InChI is InChI=1S/C18H24F2N2O2/c1-2-24-15-12-14(17(15)9-5-3-6-10-17)22-16(23)18(19,20)13-8-4-7-11-21-13/h4,7-8,11,14-15H,2-3,5-6,9-10,12H2,1H3,(H,22,23)/t14-,15+/m0/s1. The number of carbonyl (C=O) groups is 1. The van der Waals surface area contributed by atoms with Gasteiger partial charge in [0.1, 0.15) is 5.69 Å². The highest BCUT2D eigenvalue weighted by atomic mass is 19.3. The van der Waals surface area contributed by atoms with Crippen molar-refractivity contribution in [1.29, 1.82) is 0 Å². The molecule has 6 heteroatoms. The summed E-state index contributed by atoms with van der Waals surface area (Å²) in [5.41, 5.74) is -0.690. The molecule has 0 bridgehead atoms. The fourth-order valence-electron chi connectivity index (χ4n) is 4.18. The molecular formula is C18H24F2N2O2. The van der Waals surface area contributed by atoms with Crippen molar-refractivity contribution < 1.29 is 18.3 Å². The molecule has 0 aliphatic heterocycles. The minimum absolute atomic E-state index is 0.0663. The van der Waals surface area contributed by atoms with Gasteiger partial charge in [0, 0.05) is 24.3 Å². The molecule has 1 aromatic rings. The van der Waals surface area contributed by atoms with Crippen LogP contribution in [0.15, 0.2) is 24.4 Å². The third kappa shape index (κ3) is 2.92. The van der Waals surface area contributed by atoms with E-state index in [0.29, 0.717) is 13.0 Å². The molecule has 2 aliphatic carbocycles. The largest absolute Gasteiger partial charge is 0.378 e. The molecule has 3 rings (SSSR count). The van der Waals surface area contributed by atoms with Crippen LogP contribution in [0.3, 0.4) is 0 Å². The van der Waals surface area contributed by atoms with E-state index in [0.717, 1.165) is 32.1 Å². The number of rotatable bonds is 5. The molecule has 2 atom stereocenters. The molecule has 132 valence electrons. The number of carbonyl (C=O) groups excluding carboxylic acids is 1. The highest BCUT2D eigenvalue weighted by Crippen LogP contribution is 2.53. The summed E-state index contributed by atoms with van der Waals surface area (Å²) >= 11 is 0. The van der Waals surface area contributed by atoms with E-state index < -0.39 is 17.5 Å². The van der Waals surface area contributed by atoms with E-state index >= 15 is 0 Å². The number of halogens is 2. The summed E-state index contributed by atoms with van der Waals surface area (Å²) in [5.74, 6) is -4.88. The van der Waals surface area contributed by atoms with Crippen molar-refractivity contribution >= 4 is 5.91 Å². The molecule has 1 aromatic heterocycles. The zero-order valence-corrected chi connectivity index (χ0v) is 13.9. The Kier molecular flexibility index (Phi) is 4.85. The molecule has 1 N–H and O–H groups in total. The highest BCUT2D eigenvalue weighted by Gasteiger charge is 2.57. The summed E-state index contributed by atoms with van der Waals surface area (Å²) < 4.78 is 34.5. The number of aromatic nitrogens is 1. The van der Waals surface area contributed by atoms with Gasteiger partial charge in [-0.2, -0.15) is 8.78 Å². The molecule has 0 radical (unpaired) electrons. The van der Waals surface area contributed by atoms with Gasteiger partial charge in [-0.25, -0.2) is 0 Å². The van der Waals surface area contributed by atoms with Gasteiger partial charge in [-0.3, -0.25) is 9.78 Å². The SMILES string of the molecule is CCO[C@@H]1C[C@H](NC(=O)C(F)(F)c2ccccn2)C12CCCCC2. The number of hydrogen-bond donors (Lipinski definition) is 1. The Hall–Kier alpha value is -1.56. The molecule has 1 spiro atoms. The fourth-order valence-corrected chi connectivity index (χ4v) is 4.18. The molecule has 1 heterocycles. The predicted molar refractivity (Wildman–Crippen MR) is 85.6 cm³/mol. The van der Waals surface area contributed by atoms with Crippen LogP contribution in [0.2, 0.25) is 0 Å². The van der Waals surface area contributed by atoms with Gasteiger partial charge in [-0.05, 0) is 38.3 Å². The first kappa shape index (κ1) is 17.3. The minimum Gasteiger partial charge on any atom is -0.378 e. The summed E-state index contributed by atoms with van der Waals surface area (Å²) in [7, 11) is 0. The molecule has 2 aliphatic rings. The van der Waals surface area contributed by atoms with Crippen molar-refractivity contribution in [2.45, 2.75) is 63.5 Å². The maximum atomic E-state index is 14.4. The molecule has 0 saturated heterocycles. The number of alkyl halides is 2. The van der Waals surface area contributed by atoms with Crippen molar-refractivity contribution in [3.8, 4) is 0 Å². The van der Waals surface area contributed by atoms with Crippen LogP contribution in [0, 0.1) is 5.41 Å². The zero-order chi connectivity index (χ0) is 17.2. The van der Waals surface area contributed by atoms with E-state index in [9.17, 15) is 13.6 Å². The number of ether oxygens (including phenoxy) is 1. The summed E-state index contributed by atoms with van der Waals surface area (Å²) in [6, 6.07) is 3.95. The van der Waals surface area contributed by atoms with Crippen LogP contribution < -0.4 is 5.32 Å². The van der Waals surface area contributed by atoms with Crippen molar-refractivity contribution in [3.63, 3.8) is 0 Å². The number of pyridine rings is 1. The molecule has 1 amide bonds. The Labute approximate surface area is 141 Å². The third-order valence-electron chi connectivity index (χ3n) is 5.51. The van der Waals surface area contributed by atoms with Crippen LogP contribution in [-0.2, 0) is 15.5 Å². The van der Waals surface area contributed by atoms with Gasteiger partial charge >= 0.3 is 5.92 Å². The molecule has 4 nitrogen and oxygen atoms in total. The van der Waals surface area contributed by atoms with E-state index in [1.54, 1.807) is 6.07 Å². The second kappa shape index (κ2) is 6.75. The van der Waals surface area contributed by atoms with Crippen LogP contribution in [-0.4, -0.2) is 29.6 Å². The van der Waals surface area contributed by atoms with Crippen LogP contribution in [0.25, 0.3) is 0 Å². The molecule has 2 fully saturated rings. The minimum atomic E-state index is -3.62. The average Bonchev–Trinajstić information content (AvgIpc) is 2.62. The van der Waals surface area contributed by atoms with Crippen LogP contribution in [0.5, 0.6) is 0 Å². The molecule has 0 unspecified atom stereocenters. The lowest BCUT2D eigenvalue weighted by atomic mass is 9.55. The maximum Gasteiger partial charge on any atom is 0.366 e. The second-order valence-corrected chi connectivity index (χ2v) is 6.79. The van der Waals surface area contributed by atoms with Crippen molar-refractivity contribution in [1.82, 2.24) is 10.3 Å². The first-order valence-electron chi connectivity index (χ1n) is 8.72. The Balaban J connectivity index is 1.72. The second-order valence-electron chi connectivity index (χ2n) is 6.79. The molecular weight excluding hydrogens is 314 g/mol. The van der Waals surface area contributed by atoms with E-state index in [1.165, 1.54) is 18.3 Å². The van der Waals surface area contributed by atoms with Crippen molar-refractivity contribution in [2.75, 3.05) is 6.61 Å². The lowest BCUT2D eigenvalue weighted by Crippen LogP contribution is -2.66. The Bertz CT molecular complexity index is 574. The smallest absolute Gasteiger partial charge is 0.366 e. The Morgan fingerprint density at radius 2 is 2.12 bits per heavy atom. The maximum absolute atomic E-state index is 14.4. The molecule has 24 heavy (non-hydrogen) atoms. The molecule has 2 saturated carbocycles. The van der Waals surface area contributed by atoms with Gasteiger partial charge in [0.15, 0.2) is 0 Å². The van der Waals surface area contributed by atoms with Gasteiger partial charge in [-0.1, -0.05) is 25.3 Å². The van der Waals surface area contributed by atoms with E-state index in [4.69, 9.17) is 4.74 Å². The monoisotopic (exact) mass is 338 g/mol. The normalized spacial score (nSPS) is 26.0. The first-order valence-corrected chi connectivity index (χ1v) is 8.72. The average molecular weight is 338 g/mol. The summed E-state index contributed by atoms with van der Waals surface area (Å²) in [5, 5.41) is 2.60. The van der Waals surface area contributed by atoms with Gasteiger partial charge in [0.05, 0.1) is 6.10 Å². The third-order valence-corrected chi connectivity index (χ3v) is 5.51. The summed E-state index contributed by atoms with van der Waals surface area (Å²) in [6.45, 7) is 2.55. The number of amides is 1. The number of nitrogens with one attached hydrogen (secondary N) is 1. The van der Waals surface area contributed by atoms with Crippen molar-refractivity contribution in [3.05, 3.63) is 30.1 Å². The topological polar surface area (TPSA) is 51.2 Å². The van der Waals surface area contributed by atoms with E-state index in [-0.39, 0.29) is 17.6 Å². The number of hydrogen-bond acceptors (Lipinski definition) is 3. The van der Waals surface area contributed by atoms with Gasteiger partial charge < -0.3 is 10.1 Å². The van der Waals surface area contributed by atoms with E-state index in [2.05, 4.69) is 10.3 Å². The van der Waals surface area contributed by atoms with Crippen LogP contribution in [0.1, 0.15) is 51.1 Å².